The molecule has 0 spiro atoms. The number of carbonyl (C=O) groups is 4. The molecule has 2 aliphatic rings. The lowest BCUT2D eigenvalue weighted by Crippen LogP contribution is -2.70. The Morgan fingerprint density at radius 2 is 2.15 bits per heavy atom. The molecule has 10 nitrogen and oxygen atoms in total. The number of nitrogens with one attached hydrogen (secondary N) is 1. The number of anilines is 1. The number of thioether (sulfide) groups is 2. The molecule has 1 fully saturated rings. The number of nitrogens with zero attached hydrogens (tertiary/aromatic N) is 4. The number of β-lactam (4-membered cyclic amide) rings is 1. The van der Waals surface area contributed by atoms with Crippen LogP contribution < -0.4 is 10.2 Å². The molecule has 2 atom stereocenters. The standard InChI is InChI=1S/C19H19N5O5S4/c1-9(25)23(2)18-21-22-19(33-18)32-8-10-7-31-16-13(15(27)24(16)14(10)17(28)29)20-12(26)6-11-4-3-5-30-11/h3-5,13,16H,6-8H2,1-2H3,(H,20,26)(H,28,29)/t13?,16-/m0/s1. The van der Waals surface area contributed by atoms with Crippen LogP contribution in [0.4, 0.5) is 5.13 Å². The number of thiophene rings is 1. The molecule has 0 saturated carbocycles. The van der Waals surface area contributed by atoms with Gasteiger partial charge in [0.1, 0.15) is 17.1 Å². The Labute approximate surface area is 205 Å². The van der Waals surface area contributed by atoms with Gasteiger partial charge >= 0.3 is 5.97 Å². The molecule has 4 rings (SSSR count). The highest BCUT2D eigenvalue weighted by Crippen LogP contribution is 2.42. The van der Waals surface area contributed by atoms with E-state index in [2.05, 4.69) is 15.5 Å². The molecule has 14 heteroatoms. The van der Waals surface area contributed by atoms with Gasteiger partial charge in [0, 0.05) is 30.4 Å². The summed E-state index contributed by atoms with van der Waals surface area (Å²) < 4.78 is 0.594. The third-order valence-electron chi connectivity index (χ3n) is 5.01. The van der Waals surface area contributed by atoms with Crippen molar-refractivity contribution in [2.24, 2.45) is 0 Å². The number of carbonyl (C=O) groups excluding carboxylic acids is 3. The van der Waals surface area contributed by atoms with E-state index in [1.165, 1.54) is 62.9 Å². The molecule has 1 saturated heterocycles. The van der Waals surface area contributed by atoms with Gasteiger partial charge in [0.25, 0.3) is 5.91 Å². The fourth-order valence-electron chi connectivity index (χ4n) is 3.27. The zero-order valence-corrected chi connectivity index (χ0v) is 20.8. The molecule has 2 aromatic rings. The summed E-state index contributed by atoms with van der Waals surface area (Å²) in [6.07, 6.45) is 0.186. The maximum absolute atomic E-state index is 12.7. The van der Waals surface area contributed by atoms with Gasteiger partial charge in [-0.2, -0.15) is 0 Å². The fourth-order valence-corrected chi connectivity index (χ4v) is 7.30. The molecule has 0 aromatic carbocycles. The fraction of sp³-hybridized carbons (Fsp3) is 0.368. The number of aromatic nitrogens is 2. The van der Waals surface area contributed by atoms with Crippen molar-refractivity contribution >= 4 is 75.0 Å². The normalized spacial score (nSPS) is 19.7. The van der Waals surface area contributed by atoms with Gasteiger partial charge in [-0.3, -0.25) is 24.2 Å². The largest absolute Gasteiger partial charge is 0.477 e. The lowest BCUT2D eigenvalue weighted by atomic mass is 10.0. The van der Waals surface area contributed by atoms with Crippen molar-refractivity contribution < 1.29 is 24.3 Å². The summed E-state index contributed by atoms with van der Waals surface area (Å²) in [4.78, 5) is 52.1. The third-order valence-corrected chi connectivity index (χ3v) is 9.44. The minimum Gasteiger partial charge on any atom is -0.477 e. The van der Waals surface area contributed by atoms with Gasteiger partial charge in [0.2, 0.25) is 16.9 Å². The second kappa shape index (κ2) is 9.83. The SMILES string of the molecule is CC(=O)N(C)c1nnc(SCC2=C(C(=O)O)N3C(=O)C(NC(=O)Cc4cccs4)[C@@H]3SC2)s1. The van der Waals surface area contributed by atoms with Crippen molar-refractivity contribution in [3.8, 4) is 0 Å². The van der Waals surface area contributed by atoms with Gasteiger partial charge in [-0.25, -0.2) is 4.79 Å². The van der Waals surface area contributed by atoms with Crippen LogP contribution in [0.5, 0.6) is 0 Å². The van der Waals surface area contributed by atoms with E-state index in [9.17, 15) is 24.3 Å². The lowest BCUT2D eigenvalue weighted by molar-refractivity contribution is -0.150. The predicted molar refractivity (Wildman–Crippen MR) is 127 cm³/mol. The molecule has 33 heavy (non-hydrogen) atoms. The van der Waals surface area contributed by atoms with Crippen LogP contribution in [0.1, 0.15) is 11.8 Å². The molecule has 3 amide bonds. The Hall–Kier alpha value is -2.42. The Balaban J connectivity index is 1.42. The molecule has 2 N–H and O–H groups in total. The molecule has 2 aromatic heterocycles. The number of aliphatic carboxylic acids is 1. The number of amides is 3. The first kappa shape index (κ1) is 23.7. The molecular weight excluding hydrogens is 507 g/mol. The number of hydrogen-bond donors (Lipinski definition) is 2. The summed E-state index contributed by atoms with van der Waals surface area (Å²) in [5.74, 6) is -1.30. The Kier molecular flexibility index (Phi) is 7.07. The lowest BCUT2D eigenvalue weighted by Gasteiger charge is -2.49. The smallest absolute Gasteiger partial charge is 0.352 e. The molecular formula is C19H19N5O5S4. The van der Waals surface area contributed by atoms with Gasteiger partial charge < -0.3 is 10.4 Å². The Morgan fingerprint density at radius 1 is 1.36 bits per heavy atom. The highest BCUT2D eigenvalue weighted by Gasteiger charge is 2.54. The summed E-state index contributed by atoms with van der Waals surface area (Å²) >= 11 is 5.43. The Bertz CT molecular complexity index is 1130. The van der Waals surface area contributed by atoms with E-state index < -0.39 is 23.3 Å². The first-order chi connectivity index (χ1) is 15.8. The second-order valence-electron chi connectivity index (χ2n) is 7.19. The molecule has 1 unspecified atom stereocenters. The highest BCUT2D eigenvalue weighted by molar-refractivity contribution is 8.01. The number of fused-ring (bicyclic) bond motifs is 1. The van der Waals surface area contributed by atoms with Crippen LogP contribution in [0.2, 0.25) is 0 Å². The summed E-state index contributed by atoms with van der Waals surface area (Å²) in [6.45, 7) is 1.43. The quantitative estimate of drug-likeness (QED) is 0.300. The van der Waals surface area contributed by atoms with Crippen LogP contribution in [0.25, 0.3) is 0 Å². The molecule has 0 aliphatic carbocycles. The number of carboxylic acids is 1. The van der Waals surface area contributed by atoms with Crippen LogP contribution in [-0.2, 0) is 25.6 Å². The predicted octanol–water partition coefficient (Wildman–Crippen LogP) is 1.66. The van der Waals surface area contributed by atoms with Crippen LogP contribution in [0, 0.1) is 0 Å². The van der Waals surface area contributed by atoms with E-state index in [1.807, 2.05) is 17.5 Å². The Morgan fingerprint density at radius 3 is 2.82 bits per heavy atom. The van der Waals surface area contributed by atoms with E-state index >= 15 is 0 Å². The average Bonchev–Trinajstić information content (AvgIpc) is 3.46. The van der Waals surface area contributed by atoms with Crippen molar-refractivity contribution in [3.05, 3.63) is 33.7 Å². The average molecular weight is 526 g/mol. The zero-order valence-electron chi connectivity index (χ0n) is 17.5. The van der Waals surface area contributed by atoms with Gasteiger partial charge in [-0.1, -0.05) is 29.2 Å². The highest BCUT2D eigenvalue weighted by atomic mass is 32.2. The van der Waals surface area contributed by atoms with Crippen LogP contribution >= 0.6 is 46.2 Å². The second-order valence-corrected chi connectivity index (χ2v) is 11.5. The van der Waals surface area contributed by atoms with Crippen molar-refractivity contribution in [2.45, 2.75) is 29.1 Å². The summed E-state index contributed by atoms with van der Waals surface area (Å²) in [6, 6.07) is 2.97. The van der Waals surface area contributed by atoms with Crippen LogP contribution in [-0.4, -0.2) is 73.9 Å². The van der Waals surface area contributed by atoms with Gasteiger partial charge in [0.05, 0.1) is 6.42 Å². The van der Waals surface area contributed by atoms with Gasteiger partial charge in [-0.05, 0) is 17.0 Å². The number of rotatable bonds is 8. The van der Waals surface area contributed by atoms with Crippen LogP contribution in [0.3, 0.4) is 0 Å². The number of carboxylic acid groups (broad SMARTS) is 1. The third kappa shape index (κ3) is 4.93. The molecule has 174 valence electrons. The van der Waals surface area contributed by atoms with E-state index in [4.69, 9.17) is 0 Å². The van der Waals surface area contributed by atoms with Crippen LogP contribution in [0.15, 0.2) is 33.1 Å². The summed E-state index contributed by atoms with van der Waals surface area (Å²) in [5, 5.41) is 22.5. The first-order valence-electron chi connectivity index (χ1n) is 9.68. The maximum atomic E-state index is 12.7. The van der Waals surface area contributed by atoms with E-state index in [0.717, 1.165) is 4.88 Å². The van der Waals surface area contributed by atoms with Crippen molar-refractivity contribution in [1.29, 1.82) is 0 Å². The van der Waals surface area contributed by atoms with Gasteiger partial charge in [-0.15, -0.1) is 33.3 Å². The van der Waals surface area contributed by atoms with Crippen molar-refractivity contribution in [1.82, 2.24) is 20.4 Å². The zero-order chi connectivity index (χ0) is 23.7. The van der Waals surface area contributed by atoms with E-state index in [-0.39, 0.29) is 23.9 Å². The van der Waals surface area contributed by atoms with E-state index in [0.29, 0.717) is 26.6 Å². The van der Waals surface area contributed by atoms with Crippen molar-refractivity contribution in [3.63, 3.8) is 0 Å². The summed E-state index contributed by atoms with van der Waals surface area (Å²) in [5.41, 5.74) is 0.563. The topological polar surface area (TPSA) is 133 Å². The molecule has 2 aliphatic heterocycles. The van der Waals surface area contributed by atoms with Crippen molar-refractivity contribution in [2.75, 3.05) is 23.5 Å². The molecule has 4 heterocycles. The minimum atomic E-state index is -1.18. The van der Waals surface area contributed by atoms with E-state index in [1.54, 1.807) is 7.05 Å². The molecule has 0 radical (unpaired) electrons. The summed E-state index contributed by atoms with van der Waals surface area (Å²) in [7, 11) is 1.60. The minimum absolute atomic E-state index is 0.0365. The van der Waals surface area contributed by atoms with Gasteiger partial charge in [0.15, 0.2) is 4.34 Å². The first-order valence-corrected chi connectivity index (χ1v) is 13.4. The number of hydrogen-bond acceptors (Lipinski definition) is 10. The molecule has 0 bridgehead atoms. The maximum Gasteiger partial charge on any atom is 0.352 e. The monoisotopic (exact) mass is 525 g/mol.